The fraction of sp³-hybridized carbons (Fsp3) is 0.231. The number of fused-ring (bicyclic) bond motifs is 1. The highest BCUT2D eigenvalue weighted by atomic mass is 14.9. The zero-order valence-corrected chi connectivity index (χ0v) is 9.35. The van der Waals surface area contributed by atoms with Crippen LogP contribution in [0.25, 0.3) is 10.9 Å². The summed E-state index contributed by atoms with van der Waals surface area (Å²) in [4.78, 5) is 8.72. The Bertz CT molecular complexity index is 512. The van der Waals surface area contributed by atoms with Gasteiger partial charge in [0, 0.05) is 18.0 Å². The average Bonchev–Trinajstić information content (AvgIpc) is 2.30. The summed E-state index contributed by atoms with van der Waals surface area (Å²) in [5.74, 6) is 0.679. The molecule has 16 heavy (non-hydrogen) atoms. The molecule has 3 heteroatoms. The lowest BCUT2D eigenvalue weighted by Gasteiger charge is -2.02. The maximum atomic E-state index is 5.84. The summed E-state index contributed by atoms with van der Waals surface area (Å²) in [7, 11) is 0. The molecule has 0 aliphatic carbocycles. The Morgan fingerprint density at radius 3 is 3.00 bits per heavy atom. The molecule has 82 valence electrons. The Kier molecular flexibility index (Phi) is 3.15. The molecule has 0 fully saturated rings. The van der Waals surface area contributed by atoms with Gasteiger partial charge in [0.25, 0.3) is 0 Å². The fourth-order valence-corrected chi connectivity index (χ4v) is 1.65. The van der Waals surface area contributed by atoms with E-state index >= 15 is 0 Å². The number of nitrogens with zero attached hydrogens (tertiary/aromatic N) is 2. The van der Waals surface area contributed by atoms with Crippen LogP contribution in [0.15, 0.2) is 41.5 Å². The van der Waals surface area contributed by atoms with E-state index in [1.807, 2.05) is 30.3 Å². The van der Waals surface area contributed by atoms with Crippen LogP contribution < -0.4 is 5.73 Å². The molecule has 2 rings (SSSR count). The highest BCUT2D eigenvalue weighted by Crippen LogP contribution is 2.24. The Hall–Kier alpha value is -1.90. The number of rotatable bonds is 3. The van der Waals surface area contributed by atoms with Gasteiger partial charge in [-0.25, -0.2) is 4.99 Å². The van der Waals surface area contributed by atoms with Crippen molar-refractivity contribution in [2.75, 3.05) is 0 Å². The molecule has 0 aliphatic rings. The molecule has 1 heterocycles. The largest absolute Gasteiger partial charge is 0.387 e. The van der Waals surface area contributed by atoms with Gasteiger partial charge in [0.05, 0.1) is 17.0 Å². The minimum atomic E-state index is 0.679. The van der Waals surface area contributed by atoms with Gasteiger partial charge in [0.1, 0.15) is 0 Å². The van der Waals surface area contributed by atoms with E-state index in [1.165, 1.54) is 0 Å². The first-order chi connectivity index (χ1) is 7.81. The molecular formula is C13H15N3. The lowest BCUT2D eigenvalue weighted by atomic mass is 10.2. The van der Waals surface area contributed by atoms with E-state index < -0.39 is 0 Å². The summed E-state index contributed by atoms with van der Waals surface area (Å²) in [6.45, 7) is 2.09. The summed E-state index contributed by atoms with van der Waals surface area (Å²) in [6.07, 6.45) is 3.63. The Morgan fingerprint density at radius 1 is 1.31 bits per heavy atom. The van der Waals surface area contributed by atoms with Crippen LogP contribution in [0.4, 0.5) is 5.69 Å². The number of nitrogens with two attached hydrogens (primary N) is 1. The molecule has 0 aliphatic heterocycles. The number of benzene rings is 1. The van der Waals surface area contributed by atoms with Crippen molar-refractivity contribution in [3.05, 3.63) is 36.5 Å². The summed E-state index contributed by atoms with van der Waals surface area (Å²) < 4.78 is 0. The second kappa shape index (κ2) is 4.75. The number of aromatic nitrogens is 1. The van der Waals surface area contributed by atoms with Crippen molar-refractivity contribution in [3.63, 3.8) is 0 Å². The van der Waals surface area contributed by atoms with Gasteiger partial charge in [-0.15, -0.1) is 0 Å². The molecule has 0 saturated heterocycles. The molecule has 2 aromatic rings. The Balaban J connectivity index is 2.48. The first-order valence-electron chi connectivity index (χ1n) is 5.48. The van der Waals surface area contributed by atoms with Crippen molar-refractivity contribution < 1.29 is 0 Å². The first kappa shape index (κ1) is 10.6. The van der Waals surface area contributed by atoms with Gasteiger partial charge in [-0.1, -0.05) is 13.0 Å². The van der Waals surface area contributed by atoms with Gasteiger partial charge in [-0.2, -0.15) is 0 Å². The van der Waals surface area contributed by atoms with E-state index in [2.05, 4.69) is 16.9 Å². The predicted octanol–water partition coefficient (Wildman–Crippen LogP) is 3.02. The van der Waals surface area contributed by atoms with Crippen molar-refractivity contribution in [1.29, 1.82) is 0 Å². The van der Waals surface area contributed by atoms with Crippen LogP contribution in [0.5, 0.6) is 0 Å². The Morgan fingerprint density at radius 2 is 2.19 bits per heavy atom. The monoisotopic (exact) mass is 213 g/mol. The standard InChI is InChI=1S/C13H15N3/c1-2-5-13(14)16-12-8-3-7-11-10(12)6-4-9-15-11/h3-4,6-9H,2,5H2,1H3,(H2,14,16). The van der Waals surface area contributed by atoms with E-state index in [0.29, 0.717) is 5.84 Å². The molecule has 0 bridgehead atoms. The second-order valence-corrected chi connectivity index (χ2v) is 3.70. The SMILES string of the molecule is CCCC(N)=Nc1cccc2ncccc12. The molecule has 0 amide bonds. The molecule has 0 unspecified atom stereocenters. The normalized spacial score (nSPS) is 11.9. The average molecular weight is 213 g/mol. The van der Waals surface area contributed by atoms with E-state index in [1.54, 1.807) is 6.20 Å². The number of amidine groups is 1. The maximum Gasteiger partial charge on any atom is 0.0996 e. The number of hydrogen-bond acceptors (Lipinski definition) is 2. The number of hydrogen-bond donors (Lipinski definition) is 1. The van der Waals surface area contributed by atoms with E-state index in [-0.39, 0.29) is 0 Å². The summed E-state index contributed by atoms with van der Waals surface area (Å²) in [5, 5.41) is 1.05. The minimum Gasteiger partial charge on any atom is -0.387 e. The summed E-state index contributed by atoms with van der Waals surface area (Å²) >= 11 is 0. The highest BCUT2D eigenvalue weighted by molar-refractivity contribution is 5.93. The van der Waals surface area contributed by atoms with Crippen LogP contribution in [0.1, 0.15) is 19.8 Å². The van der Waals surface area contributed by atoms with Crippen molar-refractivity contribution in [2.24, 2.45) is 10.7 Å². The number of aliphatic imine (C=N–C) groups is 1. The minimum absolute atomic E-state index is 0.679. The topological polar surface area (TPSA) is 51.3 Å². The van der Waals surface area contributed by atoms with Gasteiger partial charge in [-0.05, 0) is 30.7 Å². The summed E-state index contributed by atoms with van der Waals surface area (Å²) in [5.41, 5.74) is 7.69. The van der Waals surface area contributed by atoms with Crippen LogP contribution in [-0.4, -0.2) is 10.8 Å². The van der Waals surface area contributed by atoms with Gasteiger partial charge >= 0.3 is 0 Å². The predicted molar refractivity (Wildman–Crippen MR) is 67.9 cm³/mol. The zero-order chi connectivity index (χ0) is 11.4. The third kappa shape index (κ3) is 2.19. The second-order valence-electron chi connectivity index (χ2n) is 3.70. The number of pyridine rings is 1. The Labute approximate surface area is 95.0 Å². The van der Waals surface area contributed by atoms with Crippen molar-refractivity contribution >= 4 is 22.4 Å². The van der Waals surface area contributed by atoms with Crippen molar-refractivity contribution in [3.8, 4) is 0 Å². The molecule has 0 atom stereocenters. The van der Waals surface area contributed by atoms with Crippen LogP contribution >= 0.6 is 0 Å². The molecule has 1 aromatic heterocycles. The fourth-order valence-electron chi connectivity index (χ4n) is 1.65. The van der Waals surface area contributed by atoms with Gasteiger partial charge in [0.15, 0.2) is 0 Å². The van der Waals surface area contributed by atoms with E-state index in [0.717, 1.165) is 29.4 Å². The van der Waals surface area contributed by atoms with E-state index in [9.17, 15) is 0 Å². The molecule has 0 spiro atoms. The maximum absolute atomic E-state index is 5.84. The highest BCUT2D eigenvalue weighted by Gasteiger charge is 2.00. The molecule has 0 radical (unpaired) electrons. The molecule has 1 aromatic carbocycles. The van der Waals surface area contributed by atoms with Crippen LogP contribution in [0.2, 0.25) is 0 Å². The van der Waals surface area contributed by atoms with Crippen LogP contribution in [-0.2, 0) is 0 Å². The molecule has 0 saturated carbocycles. The molecule has 3 nitrogen and oxygen atoms in total. The van der Waals surface area contributed by atoms with Crippen LogP contribution in [0, 0.1) is 0 Å². The zero-order valence-electron chi connectivity index (χ0n) is 9.35. The van der Waals surface area contributed by atoms with Gasteiger partial charge < -0.3 is 5.73 Å². The summed E-state index contributed by atoms with van der Waals surface area (Å²) in [6, 6.07) is 9.82. The lowest BCUT2D eigenvalue weighted by molar-refractivity contribution is 0.983. The van der Waals surface area contributed by atoms with Gasteiger partial charge in [0.2, 0.25) is 0 Å². The van der Waals surface area contributed by atoms with Crippen LogP contribution in [0.3, 0.4) is 0 Å². The quantitative estimate of drug-likeness (QED) is 0.629. The third-order valence-electron chi connectivity index (χ3n) is 2.39. The van der Waals surface area contributed by atoms with E-state index in [4.69, 9.17) is 5.73 Å². The first-order valence-corrected chi connectivity index (χ1v) is 5.48. The molecular weight excluding hydrogens is 198 g/mol. The third-order valence-corrected chi connectivity index (χ3v) is 2.39. The smallest absolute Gasteiger partial charge is 0.0996 e. The lowest BCUT2D eigenvalue weighted by Crippen LogP contribution is -2.09. The molecule has 2 N–H and O–H groups in total. The van der Waals surface area contributed by atoms with Crippen molar-refractivity contribution in [2.45, 2.75) is 19.8 Å². The van der Waals surface area contributed by atoms with Crippen molar-refractivity contribution in [1.82, 2.24) is 4.98 Å². The van der Waals surface area contributed by atoms with Gasteiger partial charge in [-0.3, -0.25) is 4.98 Å².